The van der Waals surface area contributed by atoms with Crippen LogP contribution in [0.4, 0.5) is 0 Å². The van der Waals surface area contributed by atoms with Crippen molar-refractivity contribution in [3.05, 3.63) is 0 Å². The molecule has 5 fully saturated rings. The Morgan fingerprint density at radius 2 is 2.00 bits per heavy atom. The second-order valence-corrected chi connectivity index (χ2v) is 4.27. The largest absolute Gasteiger partial charge is 0.300 e. The van der Waals surface area contributed by atoms with E-state index >= 15 is 0 Å². The zero-order valence-corrected chi connectivity index (χ0v) is 6.42. The smallest absolute Gasteiger partial charge is 0.00982 e. The van der Waals surface area contributed by atoms with E-state index in [0.29, 0.717) is 0 Å². The van der Waals surface area contributed by atoms with Crippen molar-refractivity contribution in [1.82, 2.24) is 4.90 Å². The van der Waals surface area contributed by atoms with E-state index in [1.54, 1.807) is 12.8 Å². The quantitative estimate of drug-likeness (QED) is 0.489. The van der Waals surface area contributed by atoms with Crippen molar-refractivity contribution in [3.8, 4) is 0 Å². The predicted octanol–water partition coefficient (Wildman–Crippen LogP) is 1.49. The summed E-state index contributed by atoms with van der Waals surface area (Å²) in [6, 6.07) is 1.02. The van der Waals surface area contributed by atoms with Crippen LogP contribution < -0.4 is 0 Å². The normalized spacial score (nSPS) is 57.6. The minimum atomic E-state index is 1.02. The number of nitrogens with zero attached hydrogens (tertiary/aromatic N) is 1. The lowest BCUT2D eigenvalue weighted by Gasteiger charge is -2.54. The molecular weight excluding hydrogens is 122 g/mol. The van der Waals surface area contributed by atoms with Gasteiger partial charge in [0.1, 0.15) is 0 Å². The summed E-state index contributed by atoms with van der Waals surface area (Å²) in [6.45, 7) is 2.88. The molecule has 1 heteroatoms. The van der Waals surface area contributed by atoms with Gasteiger partial charge in [-0.05, 0) is 44.1 Å². The van der Waals surface area contributed by atoms with Crippen molar-refractivity contribution in [2.75, 3.05) is 13.1 Å². The van der Waals surface area contributed by atoms with E-state index in [2.05, 4.69) is 4.90 Å². The topological polar surface area (TPSA) is 3.24 Å². The first-order valence-electron chi connectivity index (χ1n) is 4.67. The first-order chi connectivity index (χ1) is 4.93. The monoisotopic (exact) mass is 137 g/mol. The molecule has 5 rings (SSSR count). The Balaban J connectivity index is 1.94. The van der Waals surface area contributed by atoms with Gasteiger partial charge in [-0.15, -0.1) is 0 Å². The Morgan fingerprint density at radius 3 is 2.50 bits per heavy atom. The van der Waals surface area contributed by atoms with Crippen LogP contribution in [0.3, 0.4) is 0 Å². The van der Waals surface area contributed by atoms with Crippen LogP contribution in [-0.4, -0.2) is 24.0 Å². The Bertz CT molecular complexity index is 121. The number of piperidine rings is 4. The Kier molecular flexibility index (Phi) is 0.984. The van der Waals surface area contributed by atoms with Crippen LogP contribution in [0.25, 0.3) is 0 Å². The number of hydrogen-bond donors (Lipinski definition) is 0. The zero-order valence-electron chi connectivity index (χ0n) is 6.42. The Labute approximate surface area is 62.4 Å². The van der Waals surface area contributed by atoms with Crippen LogP contribution in [-0.2, 0) is 0 Å². The molecule has 4 heterocycles. The molecule has 0 amide bonds. The lowest BCUT2D eigenvalue weighted by molar-refractivity contribution is -0.0467. The highest BCUT2D eigenvalue weighted by molar-refractivity contribution is 4.97. The lowest BCUT2D eigenvalue weighted by atomic mass is 9.67. The maximum Gasteiger partial charge on any atom is 0.00982 e. The number of fused-ring (bicyclic) bond motifs is 2. The average Bonchev–Trinajstić information content (AvgIpc) is 2.05. The third-order valence-electron chi connectivity index (χ3n) is 3.88. The highest BCUT2D eigenvalue weighted by Gasteiger charge is 2.43. The number of hydrogen-bond acceptors (Lipinski definition) is 1. The standard InChI is InChI=1S/C9H15N/c1-2-9-5-7-3-4-10(9)6-8(1)7/h7-9H,1-6H2. The molecule has 56 valence electrons. The van der Waals surface area contributed by atoms with Gasteiger partial charge in [-0.1, -0.05) is 0 Å². The third kappa shape index (κ3) is 0.572. The molecule has 1 aliphatic carbocycles. The molecule has 4 saturated heterocycles. The van der Waals surface area contributed by atoms with Crippen molar-refractivity contribution in [1.29, 1.82) is 0 Å². The molecule has 0 radical (unpaired) electrons. The van der Waals surface area contributed by atoms with Gasteiger partial charge in [0.2, 0.25) is 0 Å². The molecule has 4 bridgehead atoms. The van der Waals surface area contributed by atoms with Gasteiger partial charge in [0, 0.05) is 12.6 Å². The van der Waals surface area contributed by atoms with Crippen LogP contribution in [0.5, 0.6) is 0 Å². The van der Waals surface area contributed by atoms with Gasteiger partial charge in [0.25, 0.3) is 0 Å². The third-order valence-corrected chi connectivity index (χ3v) is 3.88. The Hall–Kier alpha value is -0.0400. The minimum absolute atomic E-state index is 1.02. The second-order valence-electron chi connectivity index (χ2n) is 4.27. The summed E-state index contributed by atoms with van der Waals surface area (Å²) in [5, 5.41) is 0. The summed E-state index contributed by atoms with van der Waals surface area (Å²) >= 11 is 0. The fraction of sp³-hybridized carbons (Fsp3) is 1.00. The molecule has 5 aliphatic rings. The van der Waals surface area contributed by atoms with Gasteiger partial charge < -0.3 is 4.90 Å². The van der Waals surface area contributed by atoms with E-state index in [4.69, 9.17) is 0 Å². The summed E-state index contributed by atoms with van der Waals surface area (Å²) in [4.78, 5) is 2.73. The van der Waals surface area contributed by atoms with Crippen molar-refractivity contribution in [3.63, 3.8) is 0 Å². The highest BCUT2D eigenvalue weighted by Crippen LogP contribution is 2.44. The van der Waals surface area contributed by atoms with E-state index in [1.165, 1.54) is 25.9 Å². The minimum Gasteiger partial charge on any atom is -0.300 e. The van der Waals surface area contributed by atoms with Crippen LogP contribution in [0.15, 0.2) is 0 Å². The molecule has 1 saturated carbocycles. The SMILES string of the molecule is C1CN2CC3CCC2CC13. The van der Waals surface area contributed by atoms with Gasteiger partial charge in [0.05, 0.1) is 0 Å². The molecule has 0 aromatic rings. The zero-order chi connectivity index (χ0) is 6.55. The molecule has 10 heavy (non-hydrogen) atoms. The summed E-state index contributed by atoms with van der Waals surface area (Å²) in [5.41, 5.74) is 0. The van der Waals surface area contributed by atoms with Gasteiger partial charge in [-0.3, -0.25) is 0 Å². The van der Waals surface area contributed by atoms with Gasteiger partial charge in [-0.2, -0.15) is 0 Å². The highest BCUT2D eigenvalue weighted by atomic mass is 15.2. The van der Waals surface area contributed by atoms with E-state index in [1.807, 2.05) is 0 Å². The predicted molar refractivity (Wildman–Crippen MR) is 40.8 cm³/mol. The summed E-state index contributed by atoms with van der Waals surface area (Å²) in [6.07, 6.45) is 6.12. The van der Waals surface area contributed by atoms with Crippen molar-refractivity contribution < 1.29 is 0 Å². The fourth-order valence-corrected chi connectivity index (χ4v) is 3.28. The van der Waals surface area contributed by atoms with Crippen LogP contribution in [0.1, 0.15) is 25.7 Å². The van der Waals surface area contributed by atoms with E-state index in [-0.39, 0.29) is 0 Å². The summed E-state index contributed by atoms with van der Waals surface area (Å²) in [5.74, 6) is 2.25. The molecule has 0 aromatic carbocycles. The van der Waals surface area contributed by atoms with Crippen molar-refractivity contribution in [2.24, 2.45) is 11.8 Å². The van der Waals surface area contributed by atoms with E-state index < -0.39 is 0 Å². The maximum absolute atomic E-state index is 2.73. The molecule has 0 spiro atoms. The van der Waals surface area contributed by atoms with Crippen molar-refractivity contribution in [2.45, 2.75) is 31.7 Å². The number of rotatable bonds is 0. The van der Waals surface area contributed by atoms with E-state index in [9.17, 15) is 0 Å². The second kappa shape index (κ2) is 1.76. The Morgan fingerprint density at radius 1 is 1.00 bits per heavy atom. The summed E-state index contributed by atoms with van der Waals surface area (Å²) < 4.78 is 0. The first kappa shape index (κ1) is 5.59. The molecule has 0 N–H and O–H groups in total. The molecule has 4 unspecified atom stereocenters. The maximum atomic E-state index is 2.73. The molecule has 4 aliphatic heterocycles. The first-order valence-corrected chi connectivity index (χ1v) is 4.67. The molecule has 1 nitrogen and oxygen atoms in total. The van der Waals surface area contributed by atoms with Crippen LogP contribution >= 0.6 is 0 Å². The molecular formula is C9H15N. The summed E-state index contributed by atoms with van der Waals surface area (Å²) in [7, 11) is 0. The van der Waals surface area contributed by atoms with Gasteiger partial charge in [-0.25, -0.2) is 0 Å². The van der Waals surface area contributed by atoms with Crippen molar-refractivity contribution >= 4 is 0 Å². The average molecular weight is 137 g/mol. The van der Waals surface area contributed by atoms with Crippen LogP contribution in [0.2, 0.25) is 0 Å². The van der Waals surface area contributed by atoms with E-state index in [0.717, 1.165) is 17.9 Å². The van der Waals surface area contributed by atoms with Gasteiger partial charge >= 0.3 is 0 Å². The molecule has 0 aromatic heterocycles. The molecule has 4 atom stereocenters. The fourth-order valence-electron chi connectivity index (χ4n) is 3.28. The van der Waals surface area contributed by atoms with Crippen LogP contribution in [0, 0.1) is 11.8 Å². The van der Waals surface area contributed by atoms with Gasteiger partial charge in [0.15, 0.2) is 0 Å². The lowest BCUT2D eigenvalue weighted by Crippen LogP contribution is -2.57.